The van der Waals surface area contributed by atoms with E-state index in [0.29, 0.717) is 27.3 Å². The monoisotopic (exact) mass is 468 g/mol. The van der Waals surface area contributed by atoms with Gasteiger partial charge in [-0.25, -0.2) is 0 Å². The summed E-state index contributed by atoms with van der Waals surface area (Å²) >= 11 is 6.68. The number of amides is 2. The number of anilines is 1. The van der Waals surface area contributed by atoms with Crippen molar-refractivity contribution in [2.75, 3.05) is 32.2 Å². The number of carbonyl (C=O) groups excluding carboxylic acids is 2. The zero-order valence-electron chi connectivity index (χ0n) is 18.0. The van der Waals surface area contributed by atoms with Crippen LogP contribution in [0.4, 0.5) is 5.69 Å². The van der Waals surface area contributed by atoms with Crippen molar-refractivity contribution in [2.45, 2.75) is 19.3 Å². The summed E-state index contributed by atoms with van der Waals surface area (Å²) in [6.07, 6.45) is 3.93. The number of benzene rings is 2. The van der Waals surface area contributed by atoms with E-state index in [2.05, 4.69) is 6.07 Å². The van der Waals surface area contributed by atoms with Crippen molar-refractivity contribution in [1.29, 1.82) is 0 Å². The molecule has 0 bridgehead atoms. The molecule has 0 spiro atoms. The van der Waals surface area contributed by atoms with Crippen LogP contribution < -0.4 is 14.4 Å². The van der Waals surface area contributed by atoms with E-state index in [1.165, 1.54) is 22.2 Å². The van der Waals surface area contributed by atoms with Crippen LogP contribution in [0.25, 0.3) is 6.08 Å². The lowest BCUT2D eigenvalue weighted by molar-refractivity contribution is -0.123. The quantitative estimate of drug-likeness (QED) is 0.466. The number of thioether (sulfide) groups is 1. The summed E-state index contributed by atoms with van der Waals surface area (Å²) in [5.74, 6) is 1.04. The van der Waals surface area contributed by atoms with E-state index in [-0.39, 0.29) is 24.8 Å². The molecule has 1 fully saturated rings. The van der Waals surface area contributed by atoms with Crippen LogP contribution in [-0.4, -0.2) is 48.3 Å². The molecule has 0 N–H and O–H groups in total. The molecule has 0 aliphatic carbocycles. The van der Waals surface area contributed by atoms with Crippen LogP contribution in [0.3, 0.4) is 0 Å². The first-order chi connectivity index (χ1) is 15.5. The van der Waals surface area contributed by atoms with Gasteiger partial charge in [0.15, 0.2) is 11.5 Å². The van der Waals surface area contributed by atoms with E-state index in [1.54, 1.807) is 26.4 Å². The van der Waals surface area contributed by atoms with E-state index < -0.39 is 0 Å². The fraction of sp³-hybridized carbons (Fsp3) is 0.292. The molecule has 2 aromatic rings. The molecule has 2 aliphatic heterocycles. The molecule has 1 saturated heterocycles. The topological polar surface area (TPSA) is 59.1 Å². The molecule has 0 unspecified atom stereocenters. The maximum Gasteiger partial charge on any atom is 0.266 e. The number of rotatable bonds is 6. The van der Waals surface area contributed by atoms with Crippen molar-refractivity contribution in [1.82, 2.24) is 4.90 Å². The molecule has 2 aliphatic rings. The van der Waals surface area contributed by atoms with Gasteiger partial charge in [0.2, 0.25) is 5.91 Å². The molecule has 4 rings (SSSR count). The van der Waals surface area contributed by atoms with Gasteiger partial charge in [0.05, 0.1) is 19.1 Å². The number of para-hydroxylation sites is 1. The minimum Gasteiger partial charge on any atom is -0.493 e. The molecule has 6 nitrogen and oxygen atoms in total. The minimum atomic E-state index is -0.179. The molecule has 0 saturated carbocycles. The Morgan fingerprint density at radius 3 is 2.72 bits per heavy atom. The first kappa shape index (κ1) is 22.4. The summed E-state index contributed by atoms with van der Waals surface area (Å²) in [6.45, 7) is 0.971. The second kappa shape index (κ2) is 9.75. The van der Waals surface area contributed by atoms with E-state index in [9.17, 15) is 9.59 Å². The molecular formula is C24H24N2O4S2. The van der Waals surface area contributed by atoms with Gasteiger partial charge in [-0.05, 0) is 48.2 Å². The predicted octanol–water partition coefficient (Wildman–Crippen LogP) is 4.27. The number of fused-ring (bicyclic) bond motifs is 1. The number of nitrogens with zero attached hydrogens (tertiary/aromatic N) is 2. The normalized spacial score (nSPS) is 17.0. The molecule has 0 aromatic heterocycles. The van der Waals surface area contributed by atoms with Gasteiger partial charge in [-0.1, -0.05) is 48.2 Å². The van der Waals surface area contributed by atoms with Gasteiger partial charge < -0.3 is 14.4 Å². The molecule has 0 atom stereocenters. The maximum absolute atomic E-state index is 13.0. The van der Waals surface area contributed by atoms with Crippen LogP contribution in [0.5, 0.6) is 11.5 Å². The maximum atomic E-state index is 13.0. The second-order valence-electron chi connectivity index (χ2n) is 7.48. The van der Waals surface area contributed by atoms with Gasteiger partial charge in [0, 0.05) is 25.2 Å². The summed E-state index contributed by atoms with van der Waals surface area (Å²) in [4.78, 5) is 29.8. The van der Waals surface area contributed by atoms with E-state index in [1.807, 2.05) is 35.2 Å². The summed E-state index contributed by atoms with van der Waals surface area (Å²) in [5.41, 5.74) is 2.97. The molecule has 2 aromatic carbocycles. The highest BCUT2D eigenvalue weighted by Crippen LogP contribution is 2.35. The molecule has 8 heteroatoms. The summed E-state index contributed by atoms with van der Waals surface area (Å²) in [6, 6.07) is 13.4. The van der Waals surface area contributed by atoms with Crippen molar-refractivity contribution in [3.05, 3.63) is 58.5 Å². The summed E-state index contributed by atoms with van der Waals surface area (Å²) in [5, 5.41) is 0. The molecule has 0 radical (unpaired) electrons. The molecule has 2 amide bonds. The molecule has 2 heterocycles. The first-order valence-corrected chi connectivity index (χ1v) is 11.6. The zero-order valence-corrected chi connectivity index (χ0v) is 19.6. The van der Waals surface area contributed by atoms with Gasteiger partial charge in [0.1, 0.15) is 4.32 Å². The second-order valence-corrected chi connectivity index (χ2v) is 9.15. The van der Waals surface area contributed by atoms with Gasteiger partial charge in [-0.3, -0.25) is 14.5 Å². The number of thiocarbonyl (C=S) groups is 1. The lowest BCUT2D eigenvalue weighted by Gasteiger charge is -2.30. The van der Waals surface area contributed by atoms with Crippen LogP contribution in [0, 0.1) is 0 Å². The van der Waals surface area contributed by atoms with Gasteiger partial charge >= 0.3 is 0 Å². The molecular weight excluding hydrogens is 444 g/mol. The Labute approximate surface area is 197 Å². The lowest BCUT2D eigenvalue weighted by Crippen LogP contribution is -2.38. The number of carbonyl (C=O) groups is 2. The third kappa shape index (κ3) is 4.52. The Bertz CT molecular complexity index is 1100. The Morgan fingerprint density at radius 2 is 1.94 bits per heavy atom. The van der Waals surface area contributed by atoms with Crippen molar-refractivity contribution in [3.8, 4) is 11.5 Å². The van der Waals surface area contributed by atoms with E-state index >= 15 is 0 Å². The summed E-state index contributed by atoms with van der Waals surface area (Å²) in [7, 11) is 3.14. The van der Waals surface area contributed by atoms with Crippen molar-refractivity contribution < 1.29 is 19.1 Å². The lowest BCUT2D eigenvalue weighted by atomic mass is 10.0. The molecule has 166 valence electrons. The SMILES string of the molecule is COc1ccc(/C=C2/SC(=S)N(CCC(=O)N3CCCc4ccccc43)C2=O)cc1OC. The average molecular weight is 469 g/mol. The van der Waals surface area contributed by atoms with Gasteiger partial charge in [-0.2, -0.15) is 0 Å². The summed E-state index contributed by atoms with van der Waals surface area (Å²) < 4.78 is 11.1. The highest BCUT2D eigenvalue weighted by atomic mass is 32.2. The Hall–Kier alpha value is -2.84. The highest BCUT2D eigenvalue weighted by molar-refractivity contribution is 8.26. The zero-order chi connectivity index (χ0) is 22.7. The van der Waals surface area contributed by atoms with Crippen LogP contribution in [-0.2, 0) is 16.0 Å². The smallest absolute Gasteiger partial charge is 0.266 e. The largest absolute Gasteiger partial charge is 0.493 e. The van der Waals surface area contributed by atoms with E-state index in [0.717, 1.165) is 24.1 Å². The standard InChI is InChI=1S/C24H24N2O4S2/c1-29-19-10-9-16(14-20(19)30-2)15-21-23(28)26(24(31)32-21)13-11-22(27)25-12-5-7-17-6-3-4-8-18(17)25/h3-4,6,8-10,14-15H,5,7,11-13H2,1-2H3/b21-15+. The van der Waals surface area contributed by atoms with Crippen molar-refractivity contribution >= 4 is 51.9 Å². The fourth-order valence-corrected chi connectivity index (χ4v) is 5.23. The number of hydrogen-bond donors (Lipinski definition) is 0. The highest BCUT2D eigenvalue weighted by Gasteiger charge is 2.33. The Balaban J connectivity index is 1.44. The van der Waals surface area contributed by atoms with E-state index in [4.69, 9.17) is 21.7 Å². The Kier molecular flexibility index (Phi) is 6.81. The number of methoxy groups -OCH3 is 2. The van der Waals surface area contributed by atoms with Crippen molar-refractivity contribution in [3.63, 3.8) is 0 Å². The van der Waals surface area contributed by atoms with Crippen LogP contribution in [0.15, 0.2) is 47.4 Å². The van der Waals surface area contributed by atoms with Gasteiger partial charge in [-0.15, -0.1) is 0 Å². The Morgan fingerprint density at radius 1 is 1.16 bits per heavy atom. The number of aryl methyl sites for hydroxylation is 1. The average Bonchev–Trinajstić information content (AvgIpc) is 3.08. The predicted molar refractivity (Wildman–Crippen MR) is 131 cm³/mol. The van der Waals surface area contributed by atoms with Crippen LogP contribution in [0.1, 0.15) is 24.0 Å². The third-order valence-corrected chi connectivity index (χ3v) is 6.92. The number of hydrogen-bond acceptors (Lipinski definition) is 6. The fourth-order valence-electron chi connectivity index (χ4n) is 3.92. The minimum absolute atomic E-state index is 0.00932. The first-order valence-electron chi connectivity index (χ1n) is 10.4. The van der Waals surface area contributed by atoms with Crippen LogP contribution in [0.2, 0.25) is 0 Å². The van der Waals surface area contributed by atoms with Crippen molar-refractivity contribution in [2.24, 2.45) is 0 Å². The molecule has 32 heavy (non-hydrogen) atoms. The van der Waals surface area contributed by atoms with Gasteiger partial charge in [0.25, 0.3) is 5.91 Å². The number of ether oxygens (including phenoxy) is 2. The van der Waals surface area contributed by atoms with Crippen LogP contribution >= 0.6 is 24.0 Å². The third-order valence-electron chi connectivity index (χ3n) is 5.54.